The Balaban J connectivity index is 2.16. The highest BCUT2D eigenvalue weighted by atomic mass is 32.2. The Bertz CT molecular complexity index is 598. The molecule has 0 radical (unpaired) electrons. The molecule has 0 saturated heterocycles. The molecule has 0 amide bonds. The van der Waals surface area contributed by atoms with Crippen LogP contribution in [0.25, 0.3) is 0 Å². The molecule has 3 heteroatoms. The number of halogens is 1. The average Bonchev–Trinajstić information content (AvgIpc) is 2.48. The molecule has 0 aromatic heterocycles. The lowest BCUT2D eigenvalue weighted by Crippen LogP contribution is -2.24. The van der Waals surface area contributed by atoms with Gasteiger partial charge in [-0.3, -0.25) is 0 Å². The molecule has 1 unspecified atom stereocenters. The van der Waals surface area contributed by atoms with Crippen molar-refractivity contribution in [2.75, 3.05) is 12.3 Å². The second kappa shape index (κ2) is 7.62. The van der Waals surface area contributed by atoms with Gasteiger partial charge in [0, 0.05) is 16.7 Å². The van der Waals surface area contributed by atoms with Crippen molar-refractivity contribution >= 4 is 11.8 Å². The van der Waals surface area contributed by atoms with E-state index in [1.807, 2.05) is 12.1 Å². The van der Waals surface area contributed by atoms with Gasteiger partial charge in [-0.25, -0.2) is 4.39 Å². The van der Waals surface area contributed by atoms with E-state index >= 15 is 0 Å². The molecule has 112 valence electrons. The fraction of sp³-hybridized carbons (Fsp3) is 0.333. The third-order valence-electron chi connectivity index (χ3n) is 3.71. The van der Waals surface area contributed by atoms with Gasteiger partial charge in [0.15, 0.2) is 0 Å². The molecular weight excluding hydrogens is 281 g/mol. The molecule has 0 spiro atoms. The van der Waals surface area contributed by atoms with Gasteiger partial charge >= 0.3 is 0 Å². The van der Waals surface area contributed by atoms with Gasteiger partial charge in [-0.2, -0.15) is 0 Å². The van der Waals surface area contributed by atoms with Crippen molar-refractivity contribution in [1.29, 1.82) is 0 Å². The number of hydrogen-bond donors (Lipinski definition) is 1. The molecule has 1 N–H and O–H groups in total. The first kappa shape index (κ1) is 16.1. The Morgan fingerprint density at radius 3 is 2.57 bits per heavy atom. The van der Waals surface area contributed by atoms with E-state index in [4.69, 9.17) is 0 Å². The largest absolute Gasteiger partial charge is 0.309 e. The second-order valence-electron chi connectivity index (χ2n) is 5.14. The molecule has 0 aliphatic heterocycles. The van der Waals surface area contributed by atoms with E-state index in [-0.39, 0.29) is 11.9 Å². The van der Waals surface area contributed by atoms with Gasteiger partial charge in [-0.15, -0.1) is 11.8 Å². The van der Waals surface area contributed by atoms with Crippen LogP contribution in [0.2, 0.25) is 0 Å². The quantitative estimate of drug-likeness (QED) is 0.763. The van der Waals surface area contributed by atoms with Crippen LogP contribution in [-0.4, -0.2) is 12.3 Å². The van der Waals surface area contributed by atoms with Gasteiger partial charge < -0.3 is 5.32 Å². The summed E-state index contributed by atoms with van der Waals surface area (Å²) in [6.07, 6.45) is 0. The van der Waals surface area contributed by atoms with Crippen LogP contribution in [0.1, 0.15) is 29.7 Å². The third kappa shape index (κ3) is 4.08. The summed E-state index contributed by atoms with van der Waals surface area (Å²) in [4.78, 5) is 0.714. The molecule has 0 aliphatic rings. The van der Waals surface area contributed by atoms with Crippen LogP contribution in [0.15, 0.2) is 47.4 Å². The van der Waals surface area contributed by atoms with Gasteiger partial charge in [0.1, 0.15) is 5.82 Å². The number of nitrogens with one attached hydrogen (secondary N) is 1. The molecule has 0 heterocycles. The van der Waals surface area contributed by atoms with E-state index in [2.05, 4.69) is 44.3 Å². The first-order chi connectivity index (χ1) is 10.1. The van der Waals surface area contributed by atoms with Crippen LogP contribution in [0.4, 0.5) is 4.39 Å². The molecular formula is C18H22FNS. The number of thioether (sulfide) groups is 1. The molecule has 0 fully saturated rings. The van der Waals surface area contributed by atoms with Crippen molar-refractivity contribution in [3.8, 4) is 0 Å². The van der Waals surface area contributed by atoms with Crippen LogP contribution < -0.4 is 5.32 Å². The molecule has 0 bridgehead atoms. The minimum absolute atomic E-state index is 0.140. The Hall–Kier alpha value is -1.32. The van der Waals surface area contributed by atoms with Crippen molar-refractivity contribution in [2.45, 2.75) is 31.7 Å². The zero-order chi connectivity index (χ0) is 15.2. The minimum Gasteiger partial charge on any atom is -0.309 e. The van der Waals surface area contributed by atoms with E-state index in [9.17, 15) is 4.39 Å². The average molecular weight is 303 g/mol. The second-order valence-corrected chi connectivity index (χ2v) is 6.20. The Morgan fingerprint density at radius 1 is 1.10 bits per heavy atom. The lowest BCUT2D eigenvalue weighted by atomic mass is 9.98. The molecule has 0 saturated carbocycles. The molecule has 2 rings (SSSR count). The zero-order valence-electron chi connectivity index (χ0n) is 12.8. The number of rotatable bonds is 6. The topological polar surface area (TPSA) is 12.0 Å². The van der Waals surface area contributed by atoms with Gasteiger partial charge in [-0.1, -0.05) is 37.3 Å². The first-order valence-electron chi connectivity index (χ1n) is 7.30. The fourth-order valence-electron chi connectivity index (χ4n) is 2.39. The summed E-state index contributed by atoms with van der Waals surface area (Å²) in [7, 11) is 0. The zero-order valence-corrected chi connectivity index (χ0v) is 13.6. The summed E-state index contributed by atoms with van der Waals surface area (Å²) in [6, 6.07) is 13.6. The molecule has 0 aliphatic carbocycles. The summed E-state index contributed by atoms with van der Waals surface area (Å²) in [6.45, 7) is 7.29. The Kier molecular flexibility index (Phi) is 5.83. The molecule has 1 atom stereocenters. The van der Waals surface area contributed by atoms with Crippen molar-refractivity contribution in [3.63, 3.8) is 0 Å². The van der Waals surface area contributed by atoms with Crippen LogP contribution in [-0.2, 0) is 0 Å². The highest BCUT2D eigenvalue weighted by Crippen LogP contribution is 2.28. The maximum atomic E-state index is 13.7. The summed E-state index contributed by atoms with van der Waals surface area (Å²) in [5.74, 6) is 0.678. The van der Waals surface area contributed by atoms with Crippen LogP contribution >= 0.6 is 11.8 Å². The van der Waals surface area contributed by atoms with Crippen molar-refractivity contribution in [3.05, 3.63) is 65.0 Å². The maximum absolute atomic E-state index is 13.7. The van der Waals surface area contributed by atoms with E-state index in [0.717, 1.165) is 12.3 Å². The van der Waals surface area contributed by atoms with E-state index in [0.29, 0.717) is 4.90 Å². The van der Waals surface area contributed by atoms with Crippen LogP contribution in [0.3, 0.4) is 0 Å². The molecule has 21 heavy (non-hydrogen) atoms. The third-order valence-corrected chi connectivity index (χ3v) is 4.86. The van der Waals surface area contributed by atoms with Crippen molar-refractivity contribution in [1.82, 2.24) is 5.32 Å². The lowest BCUT2D eigenvalue weighted by Gasteiger charge is -2.21. The van der Waals surface area contributed by atoms with E-state index in [1.54, 1.807) is 17.8 Å². The highest BCUT2D eigenvalue weighted by Gasteiger charge is 2.15. The number of hydrogen-bond acceptors (Lipinski definition) is 2. The predicted molar refractivity (Wildman–Crippen MR) is 89.5 cm³/mol. The Morgan fingerprint density at radius 2 is 1.86 bits per heavy atom. The van der Waals surface area contributed by atoms with E-state index in [1.165, 1.54) is 22.8 Å². The van der Waals surface area contributed by atoms with E-state index < -0.39 is 0 Å². The monoisotopic (exact) mass is 303 g/mol. The van der Waals surface area contributed by atoms with Crippen LogP contribution in [0.5, 0.6) is 0 Å². The van der Waals surface area contributed by atoms with Gasteiger partial charge in [-0.05, 0) is 49.2 Å². The SMILES string of the molecule is CCNC(CSc1ccccc1F)c1cccc(C)c1C. The molecule has 2 aromatic carbocycles. The minimum atomic E-state index is -0.140. The van der Waals surface area contributed by atoms with Crippen molar-refractivity contribution < 1.29 is 4.39 Å². The smallest absolute Gasteiger partial charge is 0.136 e. The number of benzene rings is 2. The lowest BCUT2D eigenvalue weighted by molar-refractivity contribution is 0.594. The van der Waals surface area contributed by atoms with Gasteiger partial charge in [0.25, 0.3) is 0 Å². The van der Waals surface area contributed by atoms with Crippen molar-refractivity contribution in [2.24, 2.45) is 0 Å². The summed E-state index contributed by atoms with van der Waals surface area (Å²) in [5, 5.41) is 3.51. The van der Waals surface area contributed by atoms with Gasteiger partial charge in [0.05, 0.1) is 0 Å². The summed E-state index contributed by atoms with van der Waals surface area (Å²) < 4.78 is 13.7. The fourth-order valence-corrected chi connectivity index (χ4v) is 3.42. The van der Waals surface area contributed by atoms with Gasteiger partial charge in [0.2, 0.25) is 0 Å². The molecule has 2 aromatic rings. The first-order valence-corrected chi connectivity index (χ1v) is 8.29. The normalized spacial score (nSPS) is 12.4. The number of aryl methyl sites for hydroxylation is 1. The highest BCUT2D eigenvalue weighted by molar-refractivity contribution is 7.99. The molecule has 1 nitrogen and oxygen atoms in total. The predicted octanol–water partition coefficient (Wildman–Crippen LogP) is 4.89. The summed E-state index contributed by atoms with van der Waals surface area (Å²) >= 11 is 1.57. The van der Waals surface area contributed by atoms with Crippen LogP contribution in [0, 0.1) is 19.7 Å². The standard InChI is InChI=1S/C18H22FNS/c1-4-20-17(15-9-7-8-13(2)14(15)3)12-21-18-11-6-5-10-16(18)19/h5-11,17,20H,4,12H2,1-3H3. The Labute approximate surface area is 131 Å². The summed E-state index contributed by atoms with van der Waals surface area (Å²) in [5.41, 5.74) is 3.92. The maximum Gasteiger partial charge on any atom is 0.136 e.